The summed E-state index contributed by atoms with van der Waals surface area (Å²) in [6.45, 7) is 0. The summed E-state index contributed by atoms with van der Waals surface area (Å²) in [4.78, 5) is 0. The fourth-order valence-corrected chi connectivity index (χ4v) is 3.22. The summed E-state index contributed by atoms with van der Waals surface area (Å²) in [6, 6.07) is 19.2. The Morgan fingerprint density at radius 3 is 1.88 bits per heavy atom. The summed E-state index contributed by atoms with van der Waals surface area (Å²) in [6.07, 6.45) is -4.41. The van der Waals surface area contributed by atoms with E-state index in [4.69, 9.17) is 4.74 Å². The maximum absolute atomic E-state index is 13.0. The molecule has 0 atom stereocenters. The van der Waals surface area contributed by atoms with Gasteiger partial charge in [-0.05, 0) is 30.3 Å². The monoisotopic (exact) mass is 341 g/mol. The zero-order valence-corrected chi connectivity index (χ0v) is 13.3. The van der Waals surface area contributed by atoms with Gasteiger partial charge in [0.15, 0.2) is 0 Å². The minimum Gasteiger partial charge on any atom is -0.495 e. The fraction of sp³-hybridized carbons (Fsp3) is 0.100. The zero-order valence-electron chi connectivity index (χ0n) is 13.3. The molecule has 0 aliphatic heterocycles. The van der Waals surface area contributed by atoms with Crippen molar-refractivity contribution < 1.29 is 17.9 Å². The molecular formula is C20H14F3NO. The average Bonchev–Trinajstić information content (AvgIpc) is 2.95. The molecule has 2 nitrogen and oxygen atoms in total. The molecule has 5 heteroatoms. The van der Waals surface area contributed by atoms with Crippen LogP contribution in [0.5, 0.6) is 5.75 Å². The molecule has 0 saturated heterocycles. The Balaban J connectivity index is 2.07. The molecule has 0 unspecified atom stereocenters. The largest absolute Gasteiger partial charge is 0.495 e. The number of methoxy groups -OCH3 is 1. The number of para-hydroxylation sites is 2. The topological polar surface area (TPSA) is 14.2 Å². The first-order chi connectivity index (χ1) is 12.0. The predicted octanol–water partition coefficient (Wildman–Crippen LogP) is 5.81. The first-order valence-electron chi connectivity index (χ1n) is 7.74. The molecule has 126 valence electrons. The number of ether oxygens (including phenoxy) is 1. The molecule has 1 aromatic heterocycles. The Kier molecular flexibility index (Phi) is 3.46. The quantitative estimate of drug-likeness (QED) is 0.449. The SMILES string of the molecule is COc1cc(C(F)(F)F)ccc1-n1c2ccccc2c2ccccc21. The van der Waals surface area contributed by atoms with E-state index in [0.717, 1.165) is 33.9 Å². The zero-order chi connectivity index (χ0) is 17.6. The molecule has 1 heterocycles. The van der Waals surface area contributed by atoms with Crippen molar-refractivity contribution in [2.45, 2.75) is 6.18 Å². The Bertz CT molecular complexity index is 1030. The average molecular weight is 341 g/mol. The Morgan fingerprint density at radius 1 is 0.800 bits per heavy atom. The van der Waals surface area contributed by atoms with Gasteiger partial charge in [-0.15, -0.1) is 0 Å². The van der Waals surface area contributed by atoms with E-state index in [2.05, 4.69) is 0 Å². The van der Waals surface area contributed by atoms with Crippen LogP contribution >= 0.6 is 0 Å². The maximum atomic E-state index is 13.0. The molecule has 0 saturated carbocycles. The third kappa shape index (κ3) is 2.43. The number of fused-ring (bicyclic) bond motifs is 3. The lowest BCUT2D eigenvalue weighted by Gasteiger charge is -2.15. The van der Waals surface area contributed by atoms with Crippen LogP contribution in [0.4, 0.5) is 13.2 Å². The molecule has 0 radical (unpaired) electrons. The van der Waals surface area contributed by atoms with E-state index in [9.17, 15) is 13.2 Å². The van der Waals surface area contributed by atoms with Crippen molar-refractivity contribution in [1.29, 1.82) is 0 Å². The summed E-state index contributed by atoms with van der Waals surface area (Å²) >= 11 is 0. The van der Waals surface area contributed by atoms with E-state index in [1.807, 2.05) is 53.1 Å². The Labute approximate surface area is 142 Å². The minimum atomic E-state index is -4.41. The van der Waals surface area contributed by atoms with Gasteiger partial charge in [-0.3, -0.25) is 0 Å². The lowest BCUT2D eigenvalue weighted by atomic mass is 10.1. The molecule has 4 aromatic rings. The van der Waals surface area contributed by atoms with E-state index < -0.39 is 11.7 Å². The van der Waals surface area contributed by atoms with Crippen LogP contribution in [0.25, 0.3) is 27.5 Å². The highest BCUT2D eigenvalue weighted by atomic mass is 19.4. The number of aromatic nitrogens is 1. The van der Waals surface area contributed by atoms with Crippen LogP contribution in [0.3, 0.4) is 0 Å². The Morgan fingerprint density at radius 2 is 1.36 bits per heavy atom. The van der Waals surface area contributed by atoms with Crippen molar-refractivity contribution in [3.63, 3.8) is 0 Å². The standard InChI is InChI=1S/C20H14F3NO/c1-25-19-12-13(20(21,22)23)10-11-18(19)24-16-8-4-2-6-14(16)15-7-3-5-9-17(15)24/h2-12H,1H3. The van der Waals surface area contributed by atoms with Crippen LogP contribution < -0.4 is 4.74 Å². The second-order valence-corrected chi connectivity index (χ2v) is 5.75. The predicted molar refractivity (Wildman–Crippen MR) is 92.3 cm³/mol. The summed E-state index contributed by atoms with van der Waals surface area (Å²) < 4.78 is 46.3. The highest BCUT2D eigenvalue weighted by Crippen LogP contribution is 2.38. The van der Waals surface area contributed by atoms with Crippen molar-refractivity contribution in [2.75, 3.05) is 7.11 Å². The van der Waals surface area contributed by atoms with Gasteiger partial charge in [0.2, 0.25) is 0 Å². The lowest BCUT2D eigenvalue weighted by Crippen LogP contribution is -2.06. The number of hydrogen-bond donors (Lipinski definition) is 0. The highest BCUT2D eigenvalue weighted by molar-refractivity contribution is 6.09. The number of rotatable bonds is 2. The van der Waals surface area contributed by atoms with Crippen molar-refractivity contribution in [3.8, 4) is 11.4 Å². The van der Waals surface area contributed by atoms with Crippen molar-refractivity contribution in [2.24, 2.45) is 0 Å². The number of hydrogen-bond acceptors (Lipinski definition) is 1. The lowest BCUT2D eigenvalue weighted by molar-refractivity contribution is -0.137. The summed E-state index contributed by atoms with van der Waals surface area (Å²) in [7, 11) is 1.38. The normalized spacial score (nSPS) is 12.0. The van der Waals surface area contributed by atoms with Crippen LogP contribution in [0.2, 0.25) is 0 Å². The molecule has 0 N–H and O–H groups in total. The smallest absolute Gasteiger partial charge is 0.416 e. The van der Waals surface area contributed by atoms with Crippen LogP contribution in [0, 0.1) is 0 Å². The first-order valence-corrected chi connectivity index (χ1v) is 7.74. The molecule has 0 amide bonds. The van der Waals surface area contributed by atoms with E-state index >= 15 is 0 Å². The van der Waals surface area contributed by atoms with Gasteiger partial charge < -0.3 is 9.30 Å². The van der Waals surface area contributed by atoms with Gasteiger partial charge in [-0.1, -0.05) is 36.4 Å². The number of halogens is 3. The van der Waals surface area contributed by atoms with Crippen molar-refractivity contribution >= 4 is 21.8 Å². The summed E-state index contributed by atoms with van der Waals surface area (Å²) in [5.74, 6) is 0.182. The molecule has 0 aliphatic carbocycles. The van der Waals surface area contributed by atoms with Crippen LogP contribution in [-0.2, 0) is 6.18 Å². The number of benzene rings is 3. The molecule has 0 aliphatic rings. The van der Waals surface area contributed by atoms with Gasteiger partial charge in [0, 0.05) is 10.8 Å². The van der Waals surface area contributed by atoms with Gasteiger partial charge >= 0.3 is 6.18 Å². The van der Waals surface area contributed by atoms with Crippen LogP contribution in [0.15, 0.2) is 66.7 Å². The first kappa shape index (κ1) is 15.6. The fourth-order valence-electron chi connectivity index (χ4n) is 3.22. The summed E-state index contributed by atoms with van der Waals surface area (Å²) in [5, 5.41) is 2.08. The molecule has 0 fully saturated rings. The van der Waals surface area contributed by atoms with Crippen LogP contribution in [0.1, 0.15) is 5.56 Å². The van der Waals surface area contributed by atoms with Crippen molar-refractivity contribution in [3.05, 3.63) is 72.3 Å². The van der Waals surface area contributed by atoms with E-state index in [-0.39, 0.29) is 5.75 Å². The number of alkyl halides is 3. The second-order valence-electron chi connectivity index (χ2n) is 5.75. The Hall–Kier alpha value is -2.95. The van der Waals surface area contributed by atoms with Gasteiger partial charge in [-0.2, -0.15) is 13.2 Å². The molecule has 4 rings (SSSR count). The maximum Gasteiger partial charge on any atom is 0.416 e. The van der Waals surface area contributed by atoms with E-state index in [0.29, 0.717) is 5.69 Å². The summed E-state index contributed by atoms with van der Waals surface area (Å²) in [5.41, 5.74) is 1.69. The van der Waals surface area contributed by atoms with Crippen molar-refractivity contribution in [1.82, 2.24) is 4.57 Å². The highest BCUT2D eigenvalue weighted by Gasteiger charge is 2.31. The van der Waals surface area contributed by atoms with E-state index in [1.165, 1.54) is 13.2 Å². The molecule has 0 spiro atoms. The third-order valence-electron chi connectivity index (χ3n) is 4.33. The molecule has 25 heavy (non-hydrogen) atoms. The van der Waals surface area contributed by atoms with Gasteiger partial charge in [-0.25, -0.2) is 0 Å². The van der Waals surface area contributed by atoms with E-state index in [1.54, 1.807) is 0 Å². The van der Waals surface area contributed by atoms with Gasteiger partial charge in [0.25, 0.3) is 0 Å². The molecule has 0 bridgehead atoms. The van der Waals surface area contributed by atoms with Crippen LogP contribution in [-0.4, -0.2) is 11.7 Å². The number of nitrogens with zero attached hydrogens (tertiary/aromatic N) is 1. The second kappa shape index (κ2) is 5.55. The van der Waals surface area contributed by atoms with Gasteiger partial charge in [0.1, 0.15) is 5.75 Å². The minimum absolute atomic E-state index is 0.182. The molecular weight excluding hydrogens is 327 g/mol. The molecule has 3 aromatic carbocycles. The third-order valence-corrected chi connectivity index (χ3v) is 4.33. The van der Waals surface area contributed by atoms with Gasteiger partial charge in [0.05, 0.1) is 29.4 Å².